The Kier molecular flexibility index (Phi) is 5.91. The third-order valence-electron chi connectivity index (χ3n) is 4.99. The lowest BCUT2D eigenvalue weighted by Gasteiger charge is -2.11. The molecule has 0 aliphatic rings. The maximum atomic E-state index is 14.6. The Balaban J connectivity index is 1.94. The Morgan fingerprint density at radius 1 is 1.24 bits per heavy atom. The fourth-order valence-corrected chi connectivity index (χ4v) is 2.99. The van der Waals surface area contributed by atoms with Gasteiger partial charge in [0.25, 0.3) is 0 Å². The number of nitrogens with one attached hydrogen (secondary N) is 1. The molecular formula is C21H22F2N4O2. The molecule has 0 aliphatic heterocycles. The number of hydrogen-bond donors (Lipinski definition) is 2. The largest absolute Gasteiger partial charge is 0.465 e. The molecule has 1 aromatic heterocycles. The molecule has 0 radical (unpaired) electrons. The van der Waals surface area contributed by atoms with Crippen LogP contribution in [0.5, 0.6) is 0 Å². The summed E-state index contributed by atoms with van der Waals surface area (Å²) in [6.45, 7) is 5.87. The van der Waals surface area contributed by atoms with E-state index in [1.54, 1.807) is 12.1 Å². The second kappa shape index (κ2) is 8.38. The first-order chi connectivity index (χ1) is 13.8. The number of carbonyl (C=O) groups is 1. The second-order valence-electron chi connectivity index (χ2n) is 6.96. The normalized spacial score (nSPS) is 12.0. The quantitative estimate of drug-likeness (QED) is 0.623. The Hall–Kier alpha value is -3.29. The Morgan fingerprint density at radius 3 is 2.55 bits per heavy atom. The molecule has 3 aromatic rings. The SMILES string of the molecule is CCC(C)c1cc(F)c(-n2ncc(-c3ccc(C)c(CNC(=O)O)c3)n2)c(F)c1. The molecule has 6 nitrogen and oxygen atoms in total. The van der Waals surface area contributed by atoms with Crippen LogP contribution in [0.1, 0.15) is 42.9 Å². The zero-order valence-electron chi connectivity index (χ0n) is 16.4. The summed E-state index contributed by atoms with van der Waals surface area (Å²) in [5.74, 6) is -1.41. The van der Waals surface area contributed by atoms with Crippen LogP contribution in [0, 0.1) is 18.6 Å². The van der Waals surface area contributed by atoms with Crippen molar-refractivity contribution in [1.29, 1.82) is 0 Å². The minimum Gasteiger partial charge on any atom is -0.465 e. The van der Waals surface area contributed by atoms with E-state index >= 15 is 0 Å². The molecule has 0 spiro atoms. The first kappa shape index (κ1) is 20.4. The van der Waals surface area contributed by atoms with Gasteiger partial charge >= 0.3 is 6.09 Å². The Bertz CT molecular complexity index is 1030. The second-order valence-corrected chi connectivity index (χ2v) is 6.96. The van der Waals surface area contributed by atoms with Gasteiger partial charge in [-0.3, -0.25) is 0 Å². The molecular weight excluding hydrogens is 378 g/mol. The van der Waals surface area contributed by atoms with Crippen LogP contribution >= 0.6 is 0 Å². The number of aromatic nitrogens is 3. The van der Waals surface area contributed by atoms with E-state index < -0.39 is 17.7 Å². The van der Waals surface area contributed by atoms with Gasteiger partial charge in [0.1, 0.15) is 5.69 Å². The summed E-state index contributed by atoms with van der Waals surface area (Å²) in [6.07, 6.45) is 1.07. The van der Waals surface area contributed by atoms with E-state index in [2.05, 4.69) is 15.5 Å². The summed E-state index contributed by atoms with van der Waals surface area (Å²) < 4.78 is 29.2. The van der Waals surface area contributed by atoms with Crippen molar-refractivity contribution in [3.63, 3.8) is 0 Å². The molecule has 8 heteroatoms. The van der Waals surface area contributed by atoms with E-state index in [1.807, 2.05) is 26.8 Å². The molecule has 1 heterocycles. The highest BCUT2D eigenvalue weighted by Gasteiger charge is 2.18. The minimum atomic E-state index is -1.12. The number of benzene rings is 2. The van der Waals surface area contributed by atoms with Gasteiger partial charge in [-0.15, -0.1) is 9.90 Å². The highest BCUT2D eigenvalue weighted by molar-refractivity contribution is 5.65. The number of hydrogen-bond acceptors (Lipinski definition) is 3. The monoisotopic (exact) mass is 400 g/mol. The van der Waals surface area contributed by atoms with Crippen molar-refractivity contribution in [1.82, 2.24) is 20.3 Å². The van der Waals surface area contributed by atoms with E-state index in [-0.39, 0.29) is 18.2 Å². The van der Waals surface area contributed by atoms with Crippen LogP contribution < -0.4 is 5.32 Å². The number of rotatable bonds is 6. The van der Waals surface area contributed by atoms with Gasteiger partial charge in [-0.05, 0) is 54.2 Å². The number of carboxylic acid groups (broad SMARTS) is 1. The number of aryl methyl sites for hydroxylation is 1. The number of amides is 1. The third-order valence-corrected chi connectivity index (χ3v) is 4.99. The lowest BCUT2D eigenvalue weighted by molar-refractivity contribution is 0.194. The van der Waals surface area contributed by atoms with Gasteiger partial charge in [-0.2, -0.15) is 5.10 Å². The third kappa shape index (κ3) is 4.42. The molecule has 1 atom stereocenters. The summed E-state index contributed by atoms with van der Waals surface area (Å²) in [6, 6.07) is 8.04. The van der Waals surface area contributed by atoms with Crippen molar-refractivity contribution in [3.8, 4) is 16.9 Å². The van der Waals surface area contributed by atoms with Crippen molar-refractivity contribution in [2.24, 2.45) is 0 Å². The van der Waals surface area contributed by atoms with E-state index in [4.69, 9.17) is 5.11 Å². The van der Waals surface area contributed by atoms with Crippen LogP contribution in [0.15, 0.2) is 36.5 Å². The Morgan fingerprint density at radius 2 is 1.93 bits per heavy atom. The lowest BCUT2D eigenvalue weighted by atomic mass is 9.98. The van der Waals surface area contributed by atoms with E-state index in [0.29, 0.717) is 16.8 Å². The van der Waals surface area contributed by atoms with E-state index in [9.17, 15) is 13.6 Å². The summed E-state index contributed by atoms with van der Waals surface area (Å²) >= 11 is 0. The van der Waals surface area contributed by atoms with Gasteiger partial charge in [0.2, 0.25) is 0 Å². The molecule has 152 valence electrons. The van der Waals surface area contributed by atoms with Crippen LogP contribution in [0.25, 0.3) is 16.9 Å². The van der Waals surface area contributed by atoms with Gasteiger partial charge in [0, 0.05) is 12.1 Å². The van der Waals surface area contributed by atoms with E-state index in [1.165, 1.54) is 18.3 Å². The van der Waals surface area contributed by atoms with Gasteiger partial charge in [0.05, 0.1) is 6.20 Å². The Labute approximate surface area is 167 Å². The van der Waals surface area contributed by atoms with Crippen LogP contribution in [0.4, 0.5) is 13.6 Å². The highest BCUT2D eigenvalue weighted by atomic mass is 19.1. The lowest BCUT2D eigenvalue weighted by Crippen LogP contribution is -2.20. The zero-order valence-corrected chi connectivity index (χ0v) is 16.4. The predicted octanol–water partition coefficient (Wildman–Crippen LogP) is 4.80. The topological polar surface area (TPSA) is 80.0 Å². The smallest absolute Gasteiger partial charge is 0.404 e. The maximum absolute atomic E-state index is 14.6. The fourth-order valence-electron chi connectivity index (χ4n) is 2.99. The first-order valence-electron chi connectivity index (χ1n) is 9.28. The summed E-state index contributed by atoms with van der Waals surface area (Å²) in [7, 11) is 0. The maximum Gasteiger partial charge on any atom is 0.404 e. The average molecular weight is 400 g/mol. The number of halogens is 2. The van der Waals surface area contributed by atoms with Crippen molar-refractivity contribution in [2.75, 3.05) is 0 Å². The van der Waals surface area contributed by atoms with Crippen molar-refractivity contribution >= 4 is 6.09 Å². The molecule has 1 amide bonds. The summed E-state index contributed by atoms with van der Waals surface area (Å²) in [5.41, 5.74) is 3.03. The molecule has 3 rings (SSSR count). The van der Waals surface area contributed by atoms with Crippen LogP contribution in [0.3, 0.4) is 0 Å². The zero-order chi connectivity index (χ0) is 21.1. The molecule has 29 heavy (non-hydrogen) atoms. The molecule has 2 N–H and O–H groups in total. The first-order valence-corrected chi connectivity index (χ1v) is 9.28. The molecule has 0 saturated carbocycles. The standard InChI is InChI=1S/C21H22F2N4O2/c1-4-12(2)15-8-17(22)20(18(23)9-15)27-25-11-19(26-27)14-6-5-13(3)16(7-14)10-24-21(28)29/h5-9,11-12,24H,4,10H2,1-3H3,(H,28,29). The van der Waals surface area contributed by atoms with Crippen molar-refractivity contribution < 1.29 is 18.7 Å². The molecule has 0 aliphatic carbocycles. The minimum absolute atomic E-state index is 0.0413. The highest BCUT2D eigenvalue weighted by Crippen LogP contribution is 2.26. The van der Waals surface area contributed by atoms with Gasteiger partial charge in [-0.1, -0.05) is 26.0 Å². The molecule has 1 unspecified atom stereocenters. The van der Waals surface area contributed by atoms with Crippen molar-refractivity contribution in [2.45, 2.75) is 39.7 Å². The van der Waals surface area contributed by atoms with Crippen molar-refractivity contribution in [3.05, 3.63) is 64.9 Å². The average Bonchev–Trinajstić information content (AvgIpc) is 3.15. The summed E-state index contributed by atoms with van der Waals surface area (Å²) in [5, 5.41) is 19.4. The van der Waals surface area contributed by atoms with Gasteiger partial charge in [0.15, 0.2) is 17.3 Å². The predicted molar refractivity (Wildman–Crippen MR) is 105 cm³/mol. The van der Waals surface area contributed by atoms with Crippen LogP contribution in [-0.4, -0.2) is 26.2 Å². The number of nitrogens with zero attached hydrogens (tertiary/aromatic N) is 3. The molecule has 0 fully saturated rings. The molecule has 2 aromatic carbocycles. The van der Waals surface area contributed by atoms with Gasteiger partial charge < -0.3 is 10.4 Å². The molecule has 0 bridgehead atoms. The fraction of sp³-hybridized carbons (Fsp3) is 0.286. The summed E-state index contributed by atoms with van der Waals surface area (Å²) in [4.78, 5) is 11.7. The van der Waals surface area contributed by atoms with Gasteiger partial charge in [-0.25, -0.2) is 13.6 Å². The van der Waals surface area contributed by atoms with Crippen LogP contribution in [-0.2, 0) is 6.54 Å². The van der Waals surface area contributed by atoms with E-state index in [0.717, 1.165) is 22.3 Å². The molecule has 0 saturated heterocycles. The van der Waals surface area contributed by atoms with Crippen LogP contribution in [0.2, 0.25) is 0 Å².